The van der Waals surface area contributed by atoms with Gasteiger partial charge in [-0.15, -0.1) is 0 Å². The number of methoxy groups -OCH3 is 2. The summed E-state index contributed by atoms with van der Waals surface area (Å²) in [5, 5.41) is 3.41. The van der Waals surface area contributed by atoms with Crippen molar-refractivity contribution in [3.05, 3.63) is 50.4 Å². The lowest BCUT2D eigenvalue weighted by Crippen LogP contribution is -2.02. The molecule has 0 aliphatic carbocycles. The lowest BCUT2D eigenvalue weighted by molar-refractivity contribution is 0.352. The zero-order chi connectivity index (χ0) is 15.4. The zero-order valence-corrected chi connectivity index (χ0v) is 15.3. The summed E-state index contributed by atoms with van der Waals surface area (Å²) in [6, 6.07) is 10.2. The molecule has 5 heteroatoms. The van der Waals surface area contributed by atoms with Crippen LogP contribution < -0.4 is 14.8 Å². The van der Waals surface area contributed by atoms with Crippen molar-refractivity contribution in [2.45, 2.75) is 13.5 Å². The summed E-state index contributed by atoms with van der Waals surface area (Å²) in [4.78, 5) is 0. The Morgan fingerprint density at radius 3 is 2.38 bits per heavy atom. The third kappa shape index (κ3) is 3.92. The summed E-state index contributed by atoms with van der Waals surface area (Å²) in [6.07, 6.45) is 0. The van der Waals surface area contributed by atoms with Gasteiger partial charge in [-0.3, -0.25) is 0 Å². The fraction of sp³-hybridized carbons (Fsp3) is 0.250. The summed E-state index contributed by atoms with van der Waals surface area (Å²) in [5.41, 5.74) is 3.39. The molecule has 2 rings (SSSR count). The second kappa shape index (κ2) is 7.18. The monoisotopic (exact) mass is 413 g/mol. The maximum absolute atomic E-state index is 5.36. The van der Waals surface area contributed by atoms with E-state index in [4.69, 9.17) is 9.47 Å². The second-order valence-corrected chi connectivity index (χ2v) is 6.36. The van der Waals surface area contributed by atoms with Gasteiger partial charge in [-0.25, -0.2) is 0 Å². The smallest absolute Gasteiger partial charge is 0.174 e. The van der Waals surface area contributed by atoms with Crippen LogP contribution in [0, 0.1) is 6.92 Å². The molecular formula is C16H17Br2NO2. The fourth-order valence-electron chi connectivity index (χ4n) is 2.03. The highest BCUT2D eigenvalue weighted by atomic mass is 79.9. The molecule has 0 aromatic heterocycles. The lowest BCUT2D eigenvalue weighted by atomic mass is 10.2. The van der Waals surface area contributed by atoms with E-state index in [-0.39, 0.29) is 0 Å². The van der Waals surface area contributed by atoms with Gasteiger partial charge in [-0.05, 0) is 74.2 Å². The fourth-order valence-corrected chi connectivity index (χ4v) is 3.32. The summed E-state index contributed by atoms with van der Waals surface area (Å²) in [7, 11) is 3.27. The first-order valence-corrected chi connectivity index (χ1v) is 8.04. The summed E-state index contributed by atoms with van der Waals surface area (Å²) < 4.78 is 12.6. The average molecular weight is 415 g/mol. The molecule has 0 heterocycles. The Kier molecular flexibility index (Phi) is 5.53. The van der Waals surface area contributed by atoms with Crippen LogP contribution >= 0.6 is 31.9 Å². The maximum atomic E-state index is 5.36. The average Bonchev–Trinajstić information content (AvgIpc) is 2.45. The molecule has 0 saturated carbocycles. The molecule has 21 heavy (non-hydrogen) atoms. The summed E-state index contributed by atoms with van der Waals surface area (Å²) in [6.45, 7) is 2.76. The van der Waals surface area contributed by atoms with E-state index < -0.39 is 0 Å². The molecule has 3 nitrogen and oxygen atoms in total. The van der Waals surface area contributed by atoms with Crippen molar-refractivity contribution in [2.24, 2.45) is 0 Å². The molecule has 0 bridgehead atoms. The highest BCUT2D eigenvalue weighted by molar-refractivity contribution is 9.11. The van der Waals surface area contributed by atoms with Crippen LogP contribution in [0.2, 0.25) is 0 Å². The van der Waals surface area contributed by atoms with Crippen LogP contribution in [-0.4, -0.2) is 14.2 Å². The van der Waals surface area contributed by atoms with E-state index >= 15 is 0 Å². The number of aryl methyl sites for hydroxylation is 1. The molecule has 2 aromatic rings. The van der Waals surface area contributed by atoms with E-state index in [0.717, 1.165) is 20.2 Å². The number of benzene rings is 2. The number of anilines is 1. The van der Waals surface area contributed by atoms with Gasteiger partial charge < -0.3 is 14.8 Å². The molecule has 0 amide bonds. The first kappa shape index (κ1) is 16.2. The Morgan fingerprint density at radius 2 is 1.76 bits per heavy atom. The van der Waals surface area contributed by atoms with E-state index in [2.05, 4.69) is 62.3 Å². The highest BCUT2D eigenvalue weighted by Gasteiger charge is 2.10. The third-order valence-corrected chi connectivity index (χ3v) is 4.35. The van der Waals surface area contributed by atoms with E-state index in [1.165, 1.54) is 5.56 Å². The highest BCUT2D eigenvalue weighted by Crippen LogP contribution is 2.36. The van der Waals surface area contributed by atoms with E-state index in [0.29, 0.717) is 18.0 Å². The third-order valence-electron chi connectivity index (χ3n) is 3.10. The van der Waals surface area contributed by atoms with Crippen molar-refractivity contribution in [3.63, 3.8) is 0 Å². The van der Waals surface area contributed by atoms with Gasteiger partial charge in [0.2, 0.25) is 0 Å². The number of hydrogen-bond donors (Lipinski definition) is 1. The van der Waals surface area contributed by atoms with Crippen LogP contribution in [0.4, 0.5) is 5.69 Å². The van der Waals surface area contributed by atoms with Gasteiger partial charge in [0, 0.05) is 16.7 Å². The quantitative estimate of drug-likeness (QED) is 0.733. The van der Waals surface area contributed by atoms with Crippen LogP contribution in [0.1, 0.15) is 11.1 Å². The minimum atomic E-state index is 0.695. The topological polar surface area (TPSA) is 30.5 Å². The summed E-state index contributed by atoms with van der Waals surface area (Å²) in [5.74, 6) is 1.42. The minimum Gasteiger partial charge on any atom is -0.493 e. The molecule has 0 aliphatic rings. The Morgan fingerprint density at radius 1 is 1.00 bits per heavy atom. The predicted octanol–water partition coefficient (Wildman–Crippen LogP) is 5.15. The van der Waals surface area contributed by atoms with Gasteiger partial charge in [0.05, 0.1) is 18.7 Å². The van der Waals surface area contributed by atoms with Gasteiger partial charge in [-0.2, -0.15) is 0 Å². The normalized spacial score (nSPS) is 10.3. The zero-order valence-electron chi connectivity index (χ0n) is 12.2. The van der Waals surface area contributed by atoms with Crippen LogP contribution in [0.5, 0.6) is 11.5 Å². The van der Waals surface area contributed by atoms with Crippen LogP contribution in [0.25, 0.3) is 0 Å². The van der Waals surface area contributed by atoms with E-state index in [1.807, 2.05) is 12.1 Å². The molecular weight excluding hydrogens is 398 g/mol. The van der Waals surface area contributed by atoms with Gasteiger partial charge in [0.15, 0.2) is 11.5 Å². The second-order valence-electron chi connectivity index (χ2n) is 4.65. The molecule has 0 aliphatic heterocycles. The van der Waals surface area contributed by atoms with Crippen molar-refractivity contribution >= 4 is 37.5 Å². The number of ether oxygens (including phenoxy) is 2. The Hall–Kier alpha value is -1.20. The number of halogens is 2. The standard InChI is InChI=1S/C16H17Br2NO2/c1-10-4-5-14(12(17)6-10)19-9-11-7-13(18)16(21-3)15(8-11)20-2/h4-8,19H,9H2,1-3H3. The van der Waals surface area contributed by atoms with Crippen molar-refractivity contribution < 1.29 is 9.47 Å². The van der Waals surface area contributed by atoms with Crippen molar-refractivity contribution in [1.82, 2.24) is 0 Å². The van der Waals surface area contributed by atoms with Crippen LogP contribution in [-0.2, 0) is 6.54 Å². The summed E-state index contributed by atoms with van der Waals surface area (Å²) >= 11 is 7.08. The van der Waals surface area contributed by atoms with Gasteiger partial charge in [-0.1, -0.05) is 6.07 Å². The van der Waals surface area contributed by atoms with Crippen LogP contribution in [0.15, 0.2) is 39.3 Å². The molecule has 0 saturated heterocycles. The van der Waals surface area contributed by atoms with E-state index in [9.17, 15) is 0 Å². The molecule has 2 aromatic carbocycles. The lowest BCUT2D eigenvalue weighted by Gasteiger charge is -2.13. The van der Waals surface area contributed by atoms with Gasteiger partial charge >= 0.3 is 0 Å². The molecule has 0 fully saturated rings. The van der Waals surface area contributed by atoms with Gasteiger partial charge in [0.1, 0.15) is 0 Å². The predicted molar refractivity (Wildman–Crippen MR) is 93.5 cm³/mol. The molecule has 1 N–H and O–H groups in total. The molecule has 0 radical (unpaired) electrons. The molecule has 112 valence electrons. The van der Waals surface area contributed by atoms with Gasteiger partial charge in [0.25, 0.3) is 0 Å². The van der Waals surface area contributed by atoms with E-state index in [1.54, 1.807) is 14.2 Å². The molecule has 0 unspecified atom stereocenters. The Balaban J connectivity index is 2.18. The van der Waals surface area contributed by atoms with Crippen LogP contribution in [0.3, 0.4) is 0 Å². The van der Waals surface area contributed by atoms with Crippen molar-refractivity contribution in [2.75, 3.05) is 19.5 Å². The SMILES string of the molecule is COc1cc(CNc2ccc(C)cc2Br)cc(Br)c1OC. The minimum absolute atomic E-state index is 0.695. The molecule has 0 atom stereocenters. The Labute approximate surface area is 141 Å². The molecule has 0 spiro atoms. The Bertz CT molecular complexity index is 644. The first-order chi connectivity index (χ1) is 10.0. The number of nitrogens with one attached hydrogen (secondary N) is 1. The number of hydrogen-bond acceptors (Lipinski definition) is 3. The van der Waals surface area contributed by atoms with Crippen molar-refractivity contribution in [1.29, 1.82) is 0 Å². The largest absolute Gasteiger partial charge is 0.493 e. The first-order valence-electron chi connectivity index (χ1n) is 6.45. The maximum Gasteiger partial charge on any atom is 0.174 e. The number of rotatable bonds is 5. The van der Waals surface area contributed by atoms with Crippen molar-refractivity contribution in [3.8, 4) is 11.5 Å².